The van der Waals surface area contributed by atoms with Crippen LogP contribution >= 0.6 is 0 Å². The molecule has 11 nitrogen and oxygen atoms in total. The number of nitrogens with one attached hydrogen (secondary N) is 2. The lowest BCUT2D eigenvalue weighted by atomic mass is 10.2. The second kappa shape index (κ2) is 8.66. The summed E-state index contributed by atoms with van der Waals surface area (Å²) >= 11 is 0. The number of carboxylic acids is 2. The van der Waals surface area contributed by atoms with E-state index in [0.717, 1.165) is 0 Å². The van der Waals surface area contributed by atoms with Gasteiger partial charge < -0.3 is 26.4 Å². The number of ether oxygens (including phenoxy) is 1. The Balaban J connectivity index is 3.81. The molecule has 0 bridgehead atoms. The highest BCUT2D eigenvalue weighted by Crippen LogP contribution is 1.94. The maximum Gasteiger partial charge on any atom is 0.426 e. The van der Waals surface area contributed by atoms with E-state index in [2.05, 4.69) is 4.74 Å². The van der Waals surface area contributed by atoms with Crippen LogP contribution in [0.4, 0.5) is 4.79 Å². The lowest BCUT2D eigenvalue weighted by Crippen LogP contribution is -2.44. The second-order valence-electron chi connectivity index (χ2n) is 3.70. The average molecular weight is 292 g/mol. The fourth-order valence-electron chi connectivity index (χ4n) is 0.866. The Hall–Kier alpha value is -2.40. The van der Waals surface area contributed by atoms with Gasteiger partial charge in [-0.15, -0.1) is 0 Å². The number of amides is 2. The van der Waals surface area contributed by atoms with E-state index in [-0.39, 0.29) is 12.8 Å². The maximum absolute atomic E-state index is 11.2. The third-order valence-electron chi connectivity index (χ3n) is 2.01. The minimum absolute atomic E-state index is 0.109. The Morgan fingerprint density at radius 2 is 1.55 bits per heavy atom. The zero-order valence-corrected chi connectivity index (χ0v) is 10.4. The summed E-state index contributed by atoms with van der Waals surface area (Å²) in [5.74, 6) is -3.27. The van der Waals surface area contributed by atoms with Crippen LogP contribution in [0.3, 0.4) is 0 Å². The molecule has 0 spiro atoms. The largest absolute Gasteiger partial charge is 0.480 e. The monoisotopic (exact) mass is 292 g/mol. The van der Waals surface area contributed by atoms with Crippen molar-refractivity contribution in [3.63, 3.8) is 0 Å². The number of aliphatic carboxylic acids is 2. The first kappa shape index (κ1) is 17.6. The van der Waals surface area contributed by atoms with E-state index in [1.807, 2.05) is 10.9 Å². The molecule has 0 aromatic rings. The number of nitrogens with two attached hydrogens (primary N) is 2. The van der Waals surface area contributed by atoms with Crippen molar-refractivity contribution in [2.24, 2.45) is 11.5 Å². The van der Waals surface area contributed by atoms with E-state index >= 15 is 0 Å². The lowest BCUT2D eigenvalue weighted by Gasteiger charge is -2.10. The van der Waals surface area contributed by atoms with Gasteiger partial charge in [-0.2, -0.15) is 0 Å². The summed E-state index contributed by atoms with van der Waals surface area (Å²) in [6.45, 7) is -0.569. The topological polar surface area (TPSA) is 194 Å². The van der Waals surface area contributed by atoms with Crippen molar-refractivity contribution in [2.75, 3.05) is 6.61 Å². The molecule has 0 unspecified atom stereocenters. The number of hydrogen-bond donors (Lipinski definition) is 6. The first-order valence-electron chi connectivity index (χ1n) is 5.42. The molecular formula is C9H16N4O7. The molecule has 2 atom stereocenters. The molecule has 114 valence electrons. The van der Waals surface area contributed by atoms with Crippen LogP contribution in [0.25, 0.3) is 0 Å². The van der Waals surface area contributed by atoms with Gasteiger partial charge >= 0.3 is 18.0 Å². The van der Waals surface area contributed by atoms with E-state index in [1.54, 1.807) is 0 Å². The molecule has 0 aliphatic rings. The van der Waals surface area contributed by atoms with Crippen molar-refractivity contribution >= 4 is 23.9 Å². The van der Waals surface area contributed by atoms with Crippen LogP contribution < -0.4 is 22.3 Å². The maximum atomic E-state index is 11.2. The summed E-state index contributed by atoms with van der Waals surface area (Å²) in [5.41, 5.74) is 14.0. The fraction of sp³-hybridized carbons (Fsp3) is 0.556. The standard InChI is InChI=1S/C9H16N4O7/c10-4(7(15)16)1-2-6(14)12-13-9(19)20-3-5(11)8(17)18/h4-5H,1-3,10-11H2,(H,12,14)(H,13,19)(H,15,16)(H,17,18)/t4-,5-/m0/s1. The van der Waals surface area contributed by atoms with Gasteiger partial charge in [-0.05, 0) is 6.42 Å². The zero-order chi connectivity index (χ0) is 15.7. The first-order valence-corrected chi connectivity index (χ1v) is 5.42. The first-order chi connectivity index (χ1) is 9.23. The number of rotatable bonds is 7. The number of carbonyl (C=O) groups excluding carboxylic acids is 2. The third kappa shape index (κ3) is 7.84. The van der Waals surface area contributed by atoms with Crippen molar-refractivity contribution in [1.82, 2.24) is 10.9 Å². The Morgan fingerprint density at radius 3 is 2.05 bits per heavy atom. The van der Waals surface area contributed by atoms with Gasteiger partial charge in [0.15, 0.2) is 0 Å². The summed E-state index contributed by atoms with van der Waals surface area (Å²) in [7, 11) is 0. The number of carbonyl (C=O) groups is 4. The number of carboxylic acid groups (broad SMARTS) is 2. The van der Waals surface area contributed by atoms with Crippen molar-refractivity contribution in [1.29, 1.82) is 0 Å². The zero-order valence-electron chi connectivity index (χ0n) is 10.4. The SMILES string of the molecule is N[C@@H](CCC(=O)NNC(=O)OC[C@H](N)C(=O)O)C(=O)O. The van der Waals surface area contributed by atoms with Crippen LogP contribution in [0, 0.1) is 0 Å². The van der Waals surface area contributed by atoms with Crippen molar-refractivity contribution in [2.45, 2.75) is 24.9 Å². The summed E-state index contributed by atoms with van der Waals surface area (Å²) in [6, 6.07) is -2.55. The molecule has 11 heteroatoms. The van der Waals surface area contributed by atoms with Crippen molar-refractivity contribution in [3.05, 3.63) is 0 Å². The quantitative estimate of drug-likeness (QED) is 0.271. The van der Waals surface area contributed by atoms with Crippen molar-refractivity contribution in [3.8, 4) is 0 Å². The minimum Gasteiger partial charge on any atom is -0.480 e. The fourth-order valence-corrected chi connectivity index (χ4v) is 0.866. The van der Waals surface area contributed by atoms with Gasteiger partial charge in [0.25, 0.3) is 0 Å². The van der Waals surface area contributed by atoms with E-state index in [9.17, 15) is 19.2 Å². The molecule has 0 aromatic heterocycles. The molecule has 0 aliphatic carbocycles. The molecule has 2 amide bonds. The van der Waals surface area contributed by atoms with Gasteiger partial charge in [0.1, 0.15) is 18.7 Å². The van der Waals surface area contributed by atoms with E-state index < -0.39 is 42.6 Å². The second-order valence-corrected chi connectivity index (χ2v) is 3.70. The molecule has 20 heavy (non-hydrogen) atoms. The molecule has 0 fully saturated rings. The van der Waals surface area contributed by atoms with Gasteiger partial charge in [0, 0.05) is 6.42 Å². The predicted molar refractivity (Wildman–Crippen MR) is 63.1 cm³/mol. The predicted octanol–water partition coefficient (Wildman–Crippen LogP) is -2.65. The number of hydrazine groups is 1. The molecule has 0 heterocycles. The van der Waals surface area contributed by atoms with Gasteiger partial charge in [-0.25, -0.2) is 10.2 Å². The van der Waals surface area contributed by atoms with Crippen LogP contribution in [-0.2, 0) is 19.1 Å². The van der Waals surface area contributed by atoms with Crippen LogP contribution in [0.1, 0.15) is 12.8 Å². The normalized spacial score (nSPS) is 12.9. The smallest absolute Gasteiger partial charge is 0.426 e. The average Bonchev–Trinajstić information content (AvgIpc) is 2.39. The summed E-state index contributed by atoms with van der Waals surface area (Å²) in [6.07, 6.45) is -1.43. The van der Waals surface area contributed by atoms with Crippen LogP contribution in [-0.4, -0.2) is 52.8 Å². The van der Waals surface area contributed by atoms with Gasteiger partial charge in [-0.3, -0.25) is 19.8 Å². The van der Waals surface area contributed by atoms with E-state index in [4.69, 9.17) is 21.7 Å². The number of hydrogen-bond acceptors (Lipinski definition) is 7. The molecule has 0 aromatic carbocycles. The highest BCUT2D eigenvalue weighted by Gasteiger charge is 2.16. The molecule has 0 rings (SSSR count). The van der Waals surface area contributed by atoms with Crippen LogP contribution in [0.2, 0.25) is 0 Å². The molecule has 8 N–H and O–H groups in total. The highest BCUT2D eigenvalue weighted by atomic mass is 16.6. The minimum atomic E-state index is -1.37. The Morgan fingerprint density at radius 1 is 1.00 bits per heavy atom. The van der Waals surface area contributed by atoms with Crippen LogP contribution in [0.5, 0.6) is 0 Å². The van der Waals surface area contributed by atoms with Gasteiger partial charge in [0.05, 0.1) is 0 Å². The summed E-state index contributed by atoms with van der Waals surface area (Å²) in [5, 5.41) is 16.9. The van der Waals surface area contributed by atoms with E-state index in [0.29, 0.717) is 0 Å². The van der Waals surface area contributed by atoms with E-state index in [1.165, 1.54) is 0 Å². The Bertz CT molecular complexity index is 350. The summed E-state index contributed by atoms with van der Waals surface area (Å²) in [4.78, 5) is 42.9. The molecule has 0 aliphatic heterocycles. The highest BCUT2D eigenvalue weighted by molar-refractivity contribution is 5.80. The Labute approximate surface area is 113 Å². The van der Waals surface area contributed by atoms with Crippen LogP contribution in [0.15, 0.2) is 0 Å². The molecule has 0 saturated heterocycles. The van der Waals surface area contributed by atoms with Crippen molar-refractivity contribution < 1.29 is 34.1 Å². The molecular weight excluding hydrogens is 276 g/mol. The third-order valence-corrected chi connectivity index (χ3v) is 2.01. The Kier molecular flexibility index (Phi) is 7.62. The molecule has 0 saturated carbocycles. The summed E-state index contributed by atoms with van der Waals surface area (Å²) < 4.78 is 4.39. The van der Waals surface area contributed by atoms with Gasteiger partial charge in [0.2, 0.25) is 5.91 Å². The lowest BCUT2D eigenvalue weighted by molar-refractivity contribution is -0.140. The molecule has 0 radical (unpaired) electrons. The van der Waals surface area contributed by atoms with Gasteiger partial charge in [-0.1, -0.05) is 0 Å².